The fourth-order valence-electron chi connectivity index (χ4n) is 1.92. The second-order valence-corrected chi connectivity index (χ2v) is 4.74. The summed E-state index contributed by atoms with van der Waals surface area (Å²) >= 11 is 0. The molecule has 0 saturated carbocycles. The number of ether oxygens (including phenoxy) is 1. The maximum absolute atomic E-state index is 11.7. The van der Waals surface area contributed by atoms with Crippen LogP contribution in [0.25, 0.3) is 11.4 Å². The van der Waals surface area contributed by atoms with Gasteiger partial charge in [-0.25, -0.2) is 4.79 Å². The van der Waals surface area contributed by atoms with Crippen molar-refractivity contribution in [3.63, 3.8) is 0 Å². The first-order valence-electron chi connectivity index (χ1n) is 6.90. The van der Waals surface area contributed by atoms with Gasteiger partial charge in [-0.1, -0.05) is 30.3 Å². The zero-order chi connectivity index (χ0) is 16.1. The summed E-state index contributed by atoms with van der Waals surface area (Å²) in [6, 6.07) is 15.8. The molecule has 2 aromatic carbocycles. The third-order valence-electron chi connectivity index (χ3n) is 3.05. The second kappa shape index (κ2) is 6.61. The van der Waals surface area contributed by atoms with E-state index in [4.69, 9.17) is 4.74 Å². The second-order valence-electron chi connectivity index (χ2n) is 4.74. The minimum atomic E-state index is -0.634. The van der Waals surface area contributed by atoms with E-state index < -0.39 is 6.09 Å². The number of aromatic nitrogens is 3. The quantitative estimate of drug-likeness (QED) is 0.688. The Hall–Kier alpha value is -3.35. The number of phenolic OH excluding ortho intramolecular Hbond substituents is 1. The fourth-order valence-corrected chi connectivity index (χ4v) is 1.92. The van der Waals surface area contributed by atoms with Crippen LogP contribution in [0.1, 0.15) is 5.56 Å². The first kappa shape index (κ1) is 14.6. The van der Waals surface area contributed by atoms with Gasteiger partial charge in [-0.3, -0.25) is 10.4 Å². The van der Waals surface area contributed by atoms with E-state index in [1.165, 1.54) is 0 Å². The molecular formula is C16H14N4O3. The Balaban J connectivity index is 1.58. The molecule has 23 heavy (non-hydrogen) atoms. The number of anilines is 1. The number of carbonyl (C=O) groups is 1. The number of phenols is 1. The number of aromatic amines is 1. The van der Waals surface area contributed by atoms with Crippen molar-refractivity contribution >= 4 is 12.0 Å². The van der Waals surface area contributed by atoms with Gasteiger partial charge in [0, 0.05) is 5.56 Å². The van der Waals surface area contributed by atoms with Gasteiger partial charge in [0.15, 0.2) is 5.82 Å². The minimum Gasteiger partial charge on any atom is -0.508 e. The molecule has 7 nitrogen and oxygen atoms in total. The van der Waals surface area contributed by atoms with Crippen molar-refractivity contribution in [2.45, 2.75) is 6.61 Å². The van der Waals surface area contributed by atoms with E-state index in [2.05, 4.69) is 20.5 Å². The Bertz CT molecular complexity index is 785. The molecule has 0 aliphatic heterocycles. The van der Waals surface area contributed by atoms with Gasteiger partial charge in [0.05, 0.1) is 0 Å². The maximum Gasteiger partial charge on any atom is 0.414 e. The molecule has 3 aromatic rings. The van der Waals surface area contributed by atoms with Crippen molar-refractivity contribution in [3.05, 3.63) is 60.2 Å². The van der Waals surface area contributed by atoms with E-state index in [1.807, 2.05) is 30.3 Å². The Morgan fingerprint density at radius 1 is 1.13 bits per heavy atom. The van der Waals surface area contributed by atoms with Gasteiger partial charge >= 0.3 is 6.09 Å². The van der Waals surface area contributed by atoms with Crippen LogP contribution in [0, 0.1) is 0 Å². The van der Waals surface area contributed by atoms with Crippen LogP contribution >= 0.6 is 0 Å². The Kier molecular flexibility index (Phi) is 4.19. The average Bonchev–Trinajstić information content (AvgIpc) is 3.03. The third kappa shape index (κ3) is 3.85. The molecule has 0 spiro atoms. The highest BCUT2D eigenvalue weighted by atomic mass is 16.5. The summed E-state index contributed by atoms with van der Waals surface area (Å²) in [4.78, 5) is 15.9. The molecule has 0 fully saturated rings. The molecule has 0 radical (unpaired) electrons. The molecule has 0 bridgehead atoms. The Labute approximate surface area is 132 Å². The molecule has 0 aliphatic rings. The Morgan fingerprint density at radius 2 is 1.87 bits per heavy atom. The van der Waals surface area contributed by atoms with Crippen LogP contribution in [0.4, 0.5) is 10.7 Å². The molecule has 1 heterocycles. The summed E-state index contributed by atoms with van der Waals surface area (Å²) in [6.07, 6.45) is -0.634. The number of hydrogen-bond acceptors (Lipinski definition) is 5. The molecule has 3 rings (SSSR count). The molecule has 0 saturated heterocycles. The number of benzene rings is 2. The zero-order valence-electron chi connectivity index (χ0n) is 12.1. The number of amides is 1. The molecule has 1 amide bonds. The molecule has 0 unspecified atom stereocenters. The predicted molar refractivity (Wildman–Crippen MR) is 83.7 cm³/mol. The molecule has 1 aromatic heterocycles. The van der Waals surface area contributed by atoms with Gasteiger partial charge in [0.1, 0.15) is 12.4 Å². The van der Waals surface area contributed by atoms with E-state index in [0.29, 0.717) is 5.82 Å². The lowest BCUT2D eigenvalue weighted by atomic mass is 10.2. The lowest BCUT2D eigenvalue weighted by Gasteiger charge is -2.04. The summed E-state index contributed by atoms with van der Waals surface area (Å²) in [6.45, 7) is 0.169. The van der Waals surface area contributed by atoms with E-state index >= 15 is 0 Å². The van der Waals surface area contributed by atoms with Crippen LogP contribution in [-0.2, 0) is 11.3 Å². The van der Waals surface area contributed by atoms with Gasteiger partial charge in [-0.15, -0.1) is 5.10 Å². The standard InChI is InChI=1S/C16H14N4O3/c21-13-8-6-12(7-9-13)14-17-15(20-19-14)18-16(22)23-10-11-4-2-1-3-5-11/h1-9,21H,10H2,(H2,17,18,19,20,22). The van der Waals surface area contributed by atoms with Crippen molar-refractivity contribution in [3.8, 4) is 17.1 Å². The largest absolute Gasteiger partial charge is 0.508 e. The number of hydrogen-bond donors (Lipinski definition) is 3. The number of aromatic hydroxyl groups is 1. The molecule has 0 aliphatic carbocycles. The summed E-state index contributed by atoms with van der Waals surface area (Å²) in [5.41, 5.74) is 1.63. The zero-order valence-corrected chi connectivity index (χ0v) is 12.1. The van der Waals surface area contributed by atoms with Gasteiger partial charge in [-0.2, -0.15) is 4.98 Å². The molecule has 7 heteroatoms. The highest BCUT2D eigenvalue weighted by Gasteiger charge is 2.10. The van der Waals surface area contributed by atoms with Crippen LogP contribution in [0.15, 0.2) is 54.6 Å². The number of nitrogens with zero attached hydrogens (tertiary/aromatic N) is 2. The number of nitrogens with one attached hydrogen (secondary N) is 2. The summed E-state index contributed by atoms with van der Waals surface area (Å²) in [5.74, 6) is 0.755. The number of rotatable bonds is 4. The van der Waals surface area contributed by atoms with Gasteiger partial charge in [-0.05, 0) is 29.8 Å². The van der Waals surface area contributed by atoms with Gasteiger partial charge in [0.2, 0.25) is 0 Å². The summed E-state index contributed by atoms with van der Waals surface area (Å²) in [7, 11) is 0. The highest BCUT2D eigenvalue weighted by Crippen LogP contribution is 2.19. The maximum atomic E-state index is 11.7. The van der Waals surface area contributed by atoms with Crippen LogP contribution in [-0.4, -0.2) is 26.4 Å². The normalized spacial score (nSPS) is 10.3. The van der Waals surface area contributed by atoms with Crippen molar-refractivity contribution in [1.29, 1.82) is 0 Å². The lowest BCUT2D eigenvalue weighted by molar-refractivity contribution is 0.155. The van der Waals surface area contributed by atoms with Crippen LogP contribution in [0.5, 0.6) is 5.75 Å². The average molecular weight is 310 g/mol. The predicted octanol–water partition coefficient (Wildman–Crippen LogP) is 2.93. The number of H-pyrrole nitrogens is 1. The third-order valence-corrected chi connectivity index (χ3v) is 3.05. The topological polar surface area (TPSA) is 100 Å². The minimum absolute atomic E-state index is 0.117. The van der Waals surface area contributed by atoms with E-state index in [0.717, 1.165) is 11.1 Å². The monoisotopic (exact) mass is 310 g/mol. The lowest BCUT2D eigenvalue weighted by Crippen LogP contribution is -2.14. The van der Waals surface area contributed by atoms with Gasteiger partial charge in [0.25, 0.3) is 5.95 Å². The Morgan fingerprint density at radius 3 is 2.61 bits per heavy atom. The van der Waals surface area contributed by atoms with Crippen molar-refractivity contribution in [1.82, 2.24) is 15.2 Å². The highest BCUT2D eigenvalue weighted by molar-refractivity contribution is 5.82. The van der Waals surface area contributed by atoms with Gasteiger partial charge < -0.3 is 9.84 Å². The van der Waals surface area contributed by atoms with E-state index in [9.17, 15) is 9.90 Å². The van der Waals surface area contributed by atoms with Crippen LogP contribution < -0.4 is 5.32 Å². The van der Waals surface area contributed by atoms with Crippen molar-refractivity contribution < 1.29 is 14.6 Å². The molecule has 0 atom stereocenters. The SMILES string of the molecule is O=C(Nc1n[nH]c(-c2ccc(O)cc2)n1)OCc1ccccc1. The van der Waals surface area contributed by atoms with Crippen LogP contribution in [0.3, 0.4) is 0 Å². The first-order valence-corrected chi connectivity index (χ1v) is 6.90. The molecule has 3 N–H and O–H groups in total. The van der Waals surface area contributed by atoms with E-state index in [1.54, 1.807) is 24.3 Å². The van der Waals surface area contributed by atoms with E-state index in [-0.39, 0.29) is 18.3 Å². The van der Waals surface area contributed by atoms with Crippen molar-refractivity contribution in [2.75, 3.05) is 5.32 Å². The first-order chi connectivity index (χ1) is 11.2. The van der Waals surface area contributed by atoms with Crippen molar-refractivity contribution in [2.24, 2.45) is 0 Å². The fraction of sp³-hybridized carbons (Fsp3) is 0.0625. The summed E-state index contributed by atoms with van der Waals surface area (Å²) in [5, 5.41) is 18.3. The van der Waals surface area contributed by atoms with Crippen LogP contribution in [0.2, 0.25) is 0 Å². The summed E-state index contributed by atoms with van der Waals surface area (Å²) < 4.78 is 5.09. The number of carbonyl (C=O) groups excluding carboxylic acids is 1. The smallest absolute Gasteiger partial charge is 0.414 e. The molecular weight excluding hydrogens is 296 g/mol. The molecule has 116 valence electrons.